The van der Waals surface area contributed by atoms with Crippen molar-refractivity contribution in [3.05, 3.63) is 71.8 Å². The second-order valence-electron chi connectivity index (χ2n) is 9.54. The Labute approximate surface area is 221 Å². The molecular weight excluding hydrogens is 472 g/mol. The molecule has 0 unspecified atom stereocenters. The van der Waals surface area contributed by atoms with Gasteiger partial charge in [-0.3, -0.25) is 0 Å². The van der Waals surface area contributed by atoms with Gasteiger partial charge in [-0.1, -0.05) is 60.7 Å². The molecular formula is C30H42O7. The van der Waals surface area contributed by atoms with E-state index in [0.717, 1.165) is 50.0 Å². The molecule has 37 heavy (non-hydrogen) atoms. The summed E-state index contributed by atoms with van der Waals surface area (Å²) in [6.45, 7) is 5.89. The molecule has 2 fully saturated rings. The number of benzene rings is 2. The average Bonchev–Trinajstić information content (AvgIpc) is 2.95. The highest BCUT2D eigenvalue weighted by Crippen LogP contribution is 2.19. The molecule has 2 aliphatic rings. The third-order valence-corrected chi connectivity index (χ3v) is 6.67. The normalized spacial score (nSPS) is 24.2. The minimum atomic E-state index is -0.0341. The van der Waals surface area contributed by atoms with Crippen molar-refractivity contribution in [2.24, 2.45) is 0 Å². The molecule has 0 aromatic heterocycles. The third-order valence-electron chi connectivity index (χ3n) is 6.67. The molecule has 2 aromatic rings. The first-order valence-electron chi connectivity index (χ1n) is 13.7. The lowest BCUT2D eigenvalue weighted by molar-refractivity contribution is -0.146. The van der Waals surface area contributed by atoms with Crippen molar-refractivity contribution in [1.29, 1.82) is 0 Å². The molecule has 7 heteroatoms. The van der Waals surface area contributed by atoms with Gasteiger partial charge in [-0.05, 0) is 36.8 Å². The quantitative estimate of drug-likeness (QED) is 0.304. The van der Waals surface area contributed by atoms with E-state index in [1.54, 1.807) is 0 Å². The van der Waals surface area contributed by atoms with Crippen LogP contribution in [0.2, 0.25) is 0 Å². The van der Waals surface area contributed by atoms with Gasteiger partial charge in [0.2, 0.25) is 0 Å². The predicted molar refractivity (Wildman–Crippen MR) is 140 cm³/mol. The van der Waals surface area contributed by atoms with Gasteiger partial charge in [0.15, 0.2) is 0 Å². The highest BCUT2D eigenvalue weighted by Gasteiger charge is 2.28. The maximum Gasteiger partial charge on any atom is 0.107 e. The van der Waals surface area contributed by atoms with Crippen LogP contribution >= 0.6 is 0 Å². The van der Waals surface area contributed by atoms with Crippen molar-refractivity contribution in [3.8, 4) is 0 Å². The molecule has 4 atom stereocenters. The summed E-state index contributed by atoms with van der Waals surface area (Å²) >= 11 is 0. The Hall–Kier alpha value is -1.84. The molecule has 7 nitrogen and oxygen atoms in total. The predicted octanol–water partition coefficient (Wildman–Crippen LogP) is 4.57. The summed E-state index contributed by atoms with van der Waals surface area (Å²) in [6.07, 6.45) is 4.00. The number of ether oxygens (including phenoxy) is 7. The molecule has 204 valence electrons. The Morgan fingerprint density at radius 1 is 0.568 bits per heavy atom. The zero-order chi connectivity index (χ0) is 25.4. The van der Waals surface area contributed by atoms with Crippen LogP contribution in [0.15, 0.2) is 60.7 Å². The van der Waals surface area contributed by atoms with Gasteiger partial charge < -0.3 is 33.2 Å². The van der Waals surface area contributed by atoms with Crippen LogP contribution in [-0.2, 0) is 46.4 Å². The van der Waals surface area contributed by atoms with Crippen molar-refractivity contribution in [2.75, 3.05) is 52.9 Å². The van der Waals surface area contributed by atoms with Crippen LogP contribution in [-0.4, -0.2) is 77.3 Å². The molecule has 0 bridgehead atoms. The SMILES string of the molecule is c1ccc(COC[C@H]2OCCC[C@@H]2OCCOCCO[C@H]2CCCO[C@@H]2COCc2ccccc2)cc1. The summed E-state index contributed by atoms with van der Waals surface area (Å²) in [5.41, 5.74) is 2.33. The van der Waals surface area contributed by atoms with E-state index in [-0.39, 0.29) is 24.4 Å². The number of rotatable bonds is 16. The molecule has 2 heterocycles. The Morgan fingerprint density at radius 2 is 1.03 bits per heavy atom. The van der Waals surface area contributed by atoms with E-state index in [4.69, 9.17) is 33.2 Å². The van der Waals surface area contributed by atoms with Crippen molar-refractivity contribution >= 4 is 0 Å². The lowest BCUT2D eigenvalue weighted by Gasteiger charge is -2.32. The van der Waals surface area contributed by atoms with Gasteiger partial charge in [0.25, 0.3) is 0 Å². The Morgan fingerprint density at radius 3 is 1.49 bits per heavy atom. The van der Waals surface area contributed by atoms with Gasteiger partial charge in [0.05, 0.1) is 65.1 Å². The first-order chi connectivity index (χ1) is 18.4. The van der Waals surface area contributed by atoms with Crippen LogP contribution in [0, 0.1) is 0 Å². The standard InChI is InChI=1S/C30H42O7/c1-3-9-25(10-4-1)21-32-23-29-27(13-7-15-34-29)36-19-17-31-18-20-37-28-14-8-16-35-30(28)24-33-22-26-11-5-2-6-12-26/h1-6,9-12,27-30H,7-8,13-24H2/t27-,28-,29+,30+/m0/s1. The van der Waals surface area contributed by atoms with Crippen molar-refractivity contribution in [2.45, 2.75) is 63.3 Å². The first kappa shape index (κ1) is 28.2. The summed E-state index contributed by atoms with van der Waals surface area (Å²) in [7, 11) is 0. The topological polar surface area (TPSA) is 64.6 Å². The molecule has 0 saturated carbocycles. The zero-order valence-corrected chi connectivity index (χ0v) is 21.8. The third kappa shape index (κ3) is 10.4. The first-order valence-corrected chi connectivity index (χ1v) is 13.7. The highest BCUT2D eigenvalue weighted by atomic mass is 16.6. The van der Waals surface area contributed by atoms with Crippen LogP contribution < -0.4 is 0 Å². The van der Waals surface area contributed by atoms with E-state index in [0.29, 0.717) is 52.9 Å². The zero-order valence-electron chi connectivity index (χ0n) is 21.8. The molecule has 4 rings (SSSR count). The Bertz CT molecular complexity index is 765. The van der Waals surface area contributed by atoms with Gasteiger partial charge in [0.1, 0.15) is 12.2 Å². The number of hydrogen-bond donors (Lipinski definition) is 0. The number of hydrogen-bond acceptors (Lipinski definition) is 7. The van der Waals surface area contributed by atoms with Crippen LogP contribution in [0.1, 0.15) is 36.8 Å². The largest absolute Gasteiger partial charge is 0.377 e. The lowest BCUT2D eigenvalue weighted by Crippen LogP contribution is -2.40. The summed E-state index contributed by atoms with van der Waals surface area (Å²) < 4.78 is 41.6. The minimum absolute atomic E-state index is 0.0341. The van der Waals surface area contributed by atoms with E-state index in [2.05, 4.69) is 24.3 Å². The van der Waals surface area contributed by atoms with Crippen molar-refractivity contribution < 1.29 is 33.2 Å². The van der Waals surface area contributed by atoms with Crippen molar-refractivity contribution in [1.82, 2.24) is 0 Å². The van der Waals surface area contributed by atoms with Crippen LogP contribution in [0.5, 0.6) is 0 Å². The lowest BCUT2D eigenvalue weighted by atomic mass is 10.1. The smallest absolute Gasteiger partial charge is 0.107 e. The fourth-order valence-electron chi connectivity index (χ4n) is 4.67. The van der Waals surface area contributed by atoms with E-state index >= 15 is 0 Å². The molecule has 0 N–H and O–H groups in total. The highest BCUT2D eigenvalue weighted by molar-refractivity contribution is 5.14. The van der Waals surface area contributed by atoms with Crippen molar-refractivity contribution in [3.63, 3.8) is 0 Å². The minimum Gasteiger partial charge on any atom is -0.377 e. The van der Waals surface area contributed by atoms with Gasteiger partial charge in [0, 0.05) is 13.2 Å². The van der Waals surface area contributed by atoms with E-state index in [1.807, 2.05) is 36.4 Å². The fraction of sp³-hybridized carbons (Fsp3) is 0.600. The maximum absolute atomic E-state index is 6.09. The Balaban J connectivity index is 1.05. The second kappa shape index (κ2) is 16.9. The van der Waals surface area contributed by atoms with Gasteiger partial charge in [-0.25, -0.2) is 0 Å². The summed E-state index contributed by atoms with van der Waals surface area (Å²) in [5.74, 6) is 0. The molecule has 0 spiro atoms. The van der Waals surface area contributed by atoms with E-state index in [9.17, 15) is 0 Å². The summed E-state index contributed by atoms with van der Waals surface area (Å²) in [4.78, 5) is 0. The summed E-state index contributed by atoms with van der Waals surface area (Å²) in [6, 6.07) is 20.4. The maximum atomic E-state index is 6.09. The molecule has 0 amide bonds. The summed E-state index contributed by atoms with van der Waals surface area (Å²) in [5, 5.41) is 0. The monoisotopic (exact) mass is 514 g/mol. The van der Waals surface area contributed by atoms with Gasteiger partial charge in [-0.15, -0.1) is 0 Å². The second-order valence-corrected chi connectivity index (χ2v) is 9.54. The van der Waals surface area contributed by atoms with E-state index in [1.165, 1.54) is 0 Å². The van der Waals surface area contributed by atoms with Crippen LogP contribution in [0.25, 0.3) is 0 Å². The van der Waals surface area contributed by atoms with E-state index < -0.39 is 0 Å². The fourth-order valence-corrected chi connectivity index (χ4v) is 4.67. The molecule has 0 aliphatic carbocycles. The molecule has 2 aliphatic heterocycles. The van der Waals surface area contributed by atoms with Crippen LogP contribution in [0.3, 0.4) is 0 Å². The van der Waals surface area contributed by atoms with Crippen LogP contribution in [0.4, 0.5) is 0 Å². The molecule has 0 radical (unpaired) electrons. The van der Waals surface area contributed by atoms with Gasteiger partial charge >= 0.3 is 0 Å². The average molecular weight is 515 g/mol. The molecule has 2 aromatic carbocycles. The molecule has 2 saturated heterocycles. The van der Waals surface area contributed by atoms with Gasteiger partial charge in [-0.2, -0.15) is 0 Å². The Kier molecular flexibility index (Phi) is 12.9.